The monoisotopic (exact) mass is 668 g/mol. The van der Waals surface area contributed by atoms with Crippen LogP contribution < -0.4 is 4.90 Å². The zero-order valence-electron chi connectivity index (χ0n) is 27.1. The van der Waals surface area contributed by atoms with E-state index in [0.717, 1.165) is 33.7 Å². The van der Waals surface area contributed by atoms with Gasteiger partial charge in [-0.25, -0.2) is 21.4 Å². The highest BCUT2D eigenvalue weighted by molar-refractivity contribution is 7.86. The summed E-state index contributed by atoms with van der Waals surface area (Å²) >= 11 is 0. The Morgan fingerprint density at radius 3 is 1.72 bits per heavy atom. The molecule has 0 N–H and O–H groups in total. The molecule has 5 rings (SSSR count). The van der Waals surface area contributed by atoms with Crippen molar-refractivity contribution in [2.45, 2.75) is 36.7 Å². The van der Waals surface area contributed by atoms with Crippen LogP contribution in [0, 0.1) is 0 Å². The highest BCUT2D eigenvalue weighted by Gasteiger charge is 2.19. The van der Waals surface area contributed by atoms with Gasteiger partial charge in [-0.05, 0) is 78.1 Å². The molecule has 0 unspecified atom stereocenters. The number of allylic oxidation sites excluding steroid dienone is 5. The number of nitrogens with zero attached hydrogens (tertiary/aromatic N) is 2. The number of hydrogen-bond acceptors (Lipinski definition) is 7. The molecule has 0 aliphatic heterocycles. The van der Waals surface area contributed by atoms with Crippen molar-refractivity contribution in [1.29, 1.82) is 0 Å². The van der Waals surface area contributed by atoms with E-state index in [9.17, 15) is 25.9 Å². The summed E-state index contributed by atoms with van der Waals surface area (Å²) in [7, 11) is -9.21. The molecule has 0 bridgehead atoms. The number of hydrogen-bond donors (Lipinski definition) is 0. The zero-order chi connectivity index (χ0) is 33.6. The normalized spacial score (nSPS) is 13.1. The predicted octanol–water partition coefficient (Wildman–Crippen LogP) is 6.24. The Hall–Kier alpha value is -4.61. The summed E-state index contributed by atoms with van der Waals surface area (Å²) in [5, 5.41) is 0. The van der Waals surface area contributed by atoms with Crippen LogP contribution in [-0.2, 0) is 33.3 Å². The van der Waals surface area contributed by atoms with Gasteiger partial charge in [-0.3, -0.25) is 0 Å². The van der Waals surface area contributed by atoms with E-state index in [2.05, 4.69) is 12.1 Å². The highest BCUT2D eigenvalue weighted by atomic mass is 32.2. The van der Waals surface area contributed by atoms with Gasteiger partial charge in [-0.15, -0.1) is 0 Å². The van der Waals surface area contributed by atoms with Gasteiger partial charge in [0.2, 0.25) is 0 Å². The summed E-state index contributed by atoms with van der Waals surface area (Å²) in [4.78, 5) is 1.60. The lowest BCUT2D eigenvalue weighted by Crippen LogP contribution is -2.23. The van der Waals surface area contributed by atoms with Crippen molar-refractivity contribution < 1.29 is 31.9 Å². The molecule has 0 spiro atoms. The smallest absolute Gasteiger partial charge is 0.744 e. The van der Waals surface area contributed by atoms with Crippen LogP contribution >= 0.6 is 0 Å². The lowest BCUT2D eigenvalue weighted by atomic mass is 9.90. The maximum atomic E-state index is 11.8. The quantitative estimate of drug-likeness (QED) is 0.137. The Balaban J connectivity index is 0.00000520. The van der Waals surface area contributed by atoms with Gasteiger partial charge in [-0.2, -0.15) is 0 Å². The molecule has 47 heavy (non-hydrogen) atoms. The summed E-state index contributed by atoms with van der Waals surface area (Å²) in [5.74, 6) is 0. The molecular formula is C37H36N2O6S2. The van der Waals surface area contributed by atoms with E-state index < -0.39 is 20.2 Å². The molecule has 0 amide bonds. The maximum absolute atomic E-state index is 11.8. The zero-order valence-corrected chi connectivity index (χ0v) is 27.7. The first-order valence-corrected chi connectivity index (χ1v) is 18.0. The minimum absolute atomic E-state index is 0. The molecule has 0 saturated carbocycles. The van der Waals surface area contributed by atoms with Crippen LogP contribution in [0.1, 0.15) is 37.5 Å². The molecule has 8 nitrogen and oxygen atoms in total. The van der Waals surface area contributed by atoms with Gasteiger partial charge >= 0.3 is 1.43 Å². The van der Waals surface area contributed by atoms with E-state index in [-0.39, 0.29) is 24.3 Å². The lowest BCUT2D eigenvalue weighted by molar-refractivity contribution is -0.539. The van der Waals surface area contributed by atoms with E-state index in [1.54, 1.807) is 36.4 Å². The van der Waals surface area contributed by atoms with Crippen molar-refractivity contribution in [3.05, 3.63) is 155 Å². The average Bonchev–Trinajstić information content (AvgIpc) is 3.07. The van der Waals surface area contributed by atoms with Gasteiger partial charge in [0.1, 0.15) is 26.8 Å². The van der Waals surface area contributed by atoms with Crippen molar-refractivity contribution >= 4 is 37.2 Å². The van der Waals surface area contributed by atoms with Crippen molar-refractivity contribution in [2.75, 3.05) is 18.0 Å². The molecule has 242 valence electrons. The molecule has 0 saturated heterocycles. The van der Waals surface area contributed by atoms with Crippen LogP contribution in [0.4, 0.5) is 5.69 Å². The molecule has 4 aromatic rings. The Kier molecular flexibility index (Phi) is 10.4. The Labute approximate surface area is 278 Å². The molecule has 1 aliphatic rings. The van der Waals surface area contributed by atoms with E-state index in [1.165, 1.54) is 12.1 Å². The largest absolute Gasteiger partial charge is 1.00 e. The van der Waals surface area contributed by atoms with Crippen molar-refractivity contribution in [3.8, 4) is 0 Å². The average molecular weight is 669 g/mol. The fourth-order valence-electron chi connectivity index (χ4n) is 5.72. The predicted molar refractivity (Wildman–Crippen MR) is 183 cm³/mol. The first-order valence-electron chi connectivity index (χ1n) is 15.2. The second-order valence-electron chi connectivity index (χ2n) is 11.0. The fourth-order valence-corrected chi connectivity index (χ4v) is 7.12. The van der Waals surface area contributed by atoms with Crippen LogP contribution in [0.15, 0.2) is 143 Å². The SMILES string of the molecule is CCN(Cc1ccccc1S(=O)(=O)[O-])c1ccc(C(=C2C=CC(=[N+](CC)Cc3ccccc3S(=O)(=O)[O-])C=C2)c2ccccc2)cc1.[H+]. The third kappa shape index (κ3) is 8.04. The molecule has 4 aromatic carbocycles. The van der Waals surface area contributed by atoms with Crippen molar-refractivity contribution in [1.82, 2.24) is 0 Å². The number of benzene rings is 4. The Bertz CT molecular complexity index is 2090. The van der Waals surface area contributed by atoms with Gasteiger partial charge in [0.05, 0.1) is 9.79 Å². The molecule has 0 aromatic heterocycles. The van der Waals surface area contributed by atoms with Crippen LogP contribution in [0.3, 0.4) is 0 Å². The van der Waals surface area contributed by atoms with Crippen LogP contribution in [0.2, 0.25) is 0 Å². The minimum Gasteiger partial charge on any atom is -0.744 e. The molecule has 0 heterocycles. The molecule has 0 atom stereocenters. The topological polar surface area (TPSA) is 121 Å². The summed E-state index contributed by atoms with van der Waals surface area (Å²) < 4.78 is 73.1. The minimum atomic E-state index is -4.60. The van der Waals surface area contributed by atoms with Crippen LogP contribution in [0.5, 0.6) is 0 Å². The molecule has 10 heteroatoms. The second-order valence-corrected chi connectivity index (χ2v) is 13.7. The van der Waals surface area contributed by atoms with Crippen LogP contribution in [0.25, 0.3) is 5.57 Å². The molecule has 0 radical (unpaired) electrons. The lowest BCUT2D eigenvalue weighted by Gasteiger charge is -2.25. The number of rotatable bonds is 11. The highest BCUT2D eigenvalue weighted by Crippen LogP contribution is 2.32. The number of anilines is 1. The van der Waals surface area contributed by atoms with Crippen LogP contribution in [-0.4, -0.2) is 49.3 Å². The van der Waals surface area contributed by atoms with Gasteiger partial charge in [0.25, 0.3) is 0 Å². The van der Waals surface area contributed by atoms with Crippen molar-refractivity contribution in [3.63, 3.8) is 0 Å². The Morgan fingerprint density at radius 1 is 0.660 bits per heavy atom. The molecule has 1 aliphatic carbocycles. The van der Waals surface area contributed by atoms with Gasteiger partial charge in [-0.1, -0.05) is 78.9 Å². The van der Waals surface area contributed by atoms with Crippen molar-refractivity contribution in [2.24, 2.45) is 0 Å². The van der Waals surface area contributed by atoms with E-state index >= 15 is 0 Å². The van der Waals surface area contributed by atoms with Gasteiger partial charge in [0.15, 0.2) is 12.3 Å². The van der Waals surface area contributed by atoms with E-state index in [1.807, 2.05) is 90.1 Å². The fraction of sp³-hybridized carbons (Fsp3) is 0.162. The summed E-state index contributed by atoms with van der Waals surface area (Å²) in [6, 6.07) is 30.6. The van der Waals surface area contributed by atoms with Gasteiger partial charge < -0.3 is 14.0 Å². The van der Waals surface area contributed by atoms with Gasteiger partial charge in [0, 0.05) is 36.5 Å². The molecular weight excluding hydrogens is 633 g/mol. The summed E-state index contributed by atoms with van der Waals surface area (Å²) in [6.45, 7) is 5.68. The Morgan fingerprint density at radius 2 is 1.17 bits per heavy atom. The van der Waals surface area contributed by atoms with E-state index in [0.29, 0.717) is 24.2 Å². The maximum Gasteiger partial charge on any atom is 1.00 e. The molecule has 0 fully saturated rings. The third-order valence-corrected chi connectivity index (χ3v) is 9.95. The standard InChI is InChI=1S/C37H36N2O6S2/c1-3-38(26-31-14-8-10-16-35(31)46(40,41)42)33-22-18-29(19-23-33)37(28-12-6-5-7-13-28)30-20-24-34(25-21-30)39(4-2)27-32-15-9-11-17-36(32)47(43,44)45/h5-25H,3-4,26-27H2,1-2H3,(H-,40,41,42,43,44,45). The summed E-state index contributed by atoms with van der Waals surface area (Å²) in [6.07, 6.45) is 8.04. The van der Waals surface area contributed by atoms with E-state index in [4.69, 9.17) is 0 Å². The summed E-state index contributed by atoms with van der Waals surface area (Å²) in [5.41, 5.74) is 6.67. The second kappa shape index (κ2) is 14.4. The first-order chi connectivity index (χ1) is 22.5. The third-order valence-electron chi connectivity index (χ3n) is 8.07. The first kappa shape index (κ1) is 33.7.